The summed E-state index contributed by atoms with van der Waals surface area (Å²) in [6.45, 7) is -0.152. The lowest BCUT2D eigenvalue weighted by atomic mass is 9.81. The Labute approximate surface area is 131 Å². The number of nitrogens with one attached hydrogen (secondary N) is 1. The molecule has 0 aliphatic heterocycles. The molecule has 1 aromatic rings. The molecule has 0 atom stereocenters. The van der Waals surface area contributed by atoms with E-state index in [-0.39, 0.29) is 11.6 Å². The maximum absolute atomic E-state index is 12.2. The molecule has 1 aliphatic carbocycles. The first-order chi connectivity index (χ1) is 9.65. The van der Waals surface area contributed by atoms with Crippen molar-refractivity contribution in [3.05, 3.63) is 27.7 Å². The molecule has 0 heterocycles. The number of hydrogen-bond acceptors (Lipinski definition) is 4. The molecule has 0 unspecified atom stereocenters. The van der Waals surface area contributed by atoms with Gasteiger partial charge in [0.1, 0.15) is 4.90 Å². The zero-order chi connectivity index (χ0) is 15.8. The van der Waals surface area contributed by atoms with Crippen LogP contribution in [0.4, 0.5) is 0 Å². The van der Waals surface area contributed by atoms with Gasteiger partial charge in [-0.3, -0.25) is 0 Å². The van der Waals surface area contributed by atoms with Gasteiger partial charge in [-0.25, -0.2) is 17.9 Å². The van der Waals surface area contributed by atoms with E-state index >= 15 is 0 Å². The number of rotatable bonds is 5. The van der Waals surface area contributed by atoms with Crippen molar-refractivity contribution in [2.75, 3.05) is 6.54 Å². The Kier molecular flexibility index (Phi) is 4.51. The number of aromatic carboxylic acids is 1. The smallest absolute Gasteiger partial charge is 0.337 e. The summed E-state index contributed by atoms with van der Waals surface area (Å²) in [5.41, 5.74) is -1.44. The molecule has 1 aliphatic rings. The van der Waals surface area contributed by atoms with Gasteiger partial charge in [0, 0.05) is 11.6 Å². The SMILES string of the molecule is O=C(O)c1cc(Cl)cc(S(=O)(=O)NCC2(O)CCC2)c1Cl. The highest BCUT2D eigenvalue weighted by atomic mass is 35.5. The molecule has 3 N–H and O–H groups in total. The number of hydrogen-bond donors (Lipinski definition) is 3. The minimum absolute atomic E-state index is 0.0560. The standard InChI is InChI=1S/C12H13Cl2NO5S/c13-7-4-8(11(16)17)10(14)9(5-7)21(19,20)15-6-12(18)2-1-3-12/h4-5,15,18H,1-3,6H2,(H,16,17). The molecule has 21 heavy (non-hydrogen) atoms. The van der Waals surface area contributed by atoms with Crippen molar-refractivity contribution >= 4 is 39.2 Å². The lowest BCUT2D eigenvalue weighted by Gasteiger charge is -2.36. The van der Waals surface area contributed by atoms with E-state index in [4.69, 9.17) is 28.3 Å². The highest BCUT2D eigenvalue weighted by molar-refractivity contribution is 7.89. The molecular weight excluding hydrogens is 341 g/mol. The first-order valence-electron chi connectivity index (χ1n) is 6.09. The fourth-order valence-electron chi connectivity index (χ4n) is 1.98. The van der Waals surface area contributed by atoms with Crippen molar-refractivity contribution in [2.24, 2.45) is 0 Å². The van der Waals surface area contributed by atoms with Gasteiger partial charge in [-0.05, 0) is 31.4 Å². The van der Waals surface area contributed by atoms with Gasteiger partial charge in [0.15, 0.2) is 0 Å². The molecule has 6 nitrogen and oxygen atoms in total. The normalized spacial score (nSPS) is 17.3. The number of benzene rings is 1. The van der Waals surface area contributed by atoms with Gasteiger partial charge in [-0.1, -0.05) is 23.2 Å². The third kappa shape index (κ3) is 3.49. The molecule has 0 radical (unpaired) electrons. The van der Waals surface area contributed by atoms with Crippen molar-refractivity contribution in [2.45, 2.75) is 29.8 Å². The van der Waals surface area contributed by atoms with Crippen LogP contribution in [0.2, 0.25) is 10.0 Å². The fourth-order valence-corrected chi connectivity index (χ4v) is 4.00. The average Bonchev–Trinajstić information content (AvgIpc) is 2.36. The molecule has 0 aromatic heterocycles. The average molecular weight is 354 g/mol. The van der Waals surface area contributed by atoms with Crippen LogP contribution in [-0.2, 0) is 10.0 Å². The predicted octanol–water partition coefficient (Wildman–Crippen LogP) is 1.88. The van der Waals surface area contributed by atoms with Crippen LogP contribution < -0.4 is 4.72 Å². The van der Waals surface area contributed by atoms with Crippen LogP contribution in [0.3, 0.4) is 0 Å². The number of carboxylic acid groups (broad SMARTS) is 1. The summed E-state index contributed by atoms with van der Waals surface area (Å²) < 4.78 is 26.7. The monoisotopic (exact) mass is 353 g/mol. The largest absolute Gasteiger partial charge is 0.478 e. The molecule has 0 saturated heterocycles. The lowest BCUT2D eigenvalue weighted by Crippen LogP contribution is -2.47. The first-order valence-corrected chi connectivity index (χ1v) is 8.33. The molecule has 0 bridgehead atoms. The van der Waals surface area contributed by atoms with Crippen molar-refractivity contribution in [1.82, 2.24) is 4.72 Å². The highest BCUT2D eigenvalue weighted by Gasteiger charge is 2.36. The van der Waals surface area contributed by atoms with Crippen LogP contribution in [0, 0.1) is 0 Å². The quantitative estimate of drug-likeness (QED) is 0.749. The van der Waals surface area contributed by atoms with Gasteiger partial charge in [0.05, 0.1) is 16.2 Å². The highest BCUT2D eigenvalue weighted by Crippen LogP contribution is 2.32. The molecule has 2 rings (SSSR count). The Balaban J connectivity index is 2.33. The van der Waals surface area contributed by atoms with Gasteiger partial charge in [0.2, 0.25) is 10.0 Å². The summed E-state index contributed by atoms with van der Waals surface area (Å²) >= 11 is 11.6. The molecule has 1 saturated carbocycles. The van der Waals surface area contributed by atoms with Crippen molar-refractivity contribution in [3.8, 4) is 0 Å². The molecule has 1 aromatic carbocycles. The van der Waals surface area contributed by atoms with E-state index in [1.54, 1.807) is 0 Å². The third-order valence-corrected chi connectivity index (χ3v) is 5.56. The third-order valence-electron chi connectivity index (χ3n) is 3.40. The summed E-state index contributed by atoms with van der Waals surface area (Å²) in [5.74, 6) is -1.38. The molecule has 0 spiro atoms. The van der Waals surface area contributed by atoms with Crippen LogP contribution in [0.5, 0.6) is 0 Å². The predicted molar refractivity (Wildman–Crippen MR) is 77.4 cm³/mol. The summed E-state index contributed by atoms with van der Waals surface area (Å²) in [7, 11) is -4.07. The maximum atomic E-state index is 12.2. The Morgan fingerprint density at radius 2 is 1.95 bits per heavy atom. The Bertz CT molecular complexity index is 685. The Morgan fingerprint density at radius 1 is 1.33 bits per heavy atom. The van der Waals surface area contributed by atoms with Crippen LogP contribution in [0.15, 0.2) is 17.0 Å². The topological polar surface area (TPSA) is 104 Å². The number of aliphatic hydroxyl groups is 1. The maximum Gasteiger partial charge on any atom is 0.337 e. The van der Waals surface area contributed by atoms with Gasteiger partial charge in [0.25, 0.3) is 0 Å². The first kappa shape index (κ1) is 16.5. The van der Waals surface area contributed by atoms with E-state index in [0.29, 0.717) is 12.8 Å². The second-order valence-corrected chi connectivity index (χ2v) is 7.52. The van der Waals surface area contributed by atoms with Crippen molar-refractivity contribution in [3.63, 3.8) is 0 Å². The lowest BCUT2D eigenvalue weighted by molar-refractivity contribution is -0.0271. The minimum atomic E-state index is -4.07. The second-order valence-electron chi connectivity index (χ2n) is 4.97. The zero-order valence-corrected chi connectivity index (χ0v) is 13.1. The summed E-state index contributed by atoms with van der Waals surface area (Å²) in [5, 5.41) is 18.4. The molecule has 116 valence electrons. The Morgan fingerprint density at radius 3 is 2.43 bits per heavy atom. The van der Waals surface area contributed by atoms with E-state index in [0.717, 1.165) is 18.6 Å². The molecule has 0 amide bonds. The van der Waals surface area contributed by atoms with Crippen molar-refractivity contribution in [1.29, 1.82) is 0 Å². The summed E-state index contributed by atoms with van der Waals surface area (Å²) in [6, 6.07) is 2.15. The summed E-state index contributed by atoms with van der Waals surface area (Å²) in [6.07, 6.45) is 1.86. The van der Waals surface area contributed by atoms with Crippen LogP contribution >= 0.6 is 23.2 Å². The molecule has 9 heteroatoms. The minimum Gasteiger partial charge on any atom is -0.478 e. The van der Waals surface area contributed by atoms with E-state index in [2.05, 4.69) is 4.72 Å². The van der Waals surface area contributed by atoms with Crippen molar-refractivity contribution < 1.29 is 23.4 Å². The van der Waals surface area contributed by atoms with Crippen LogP contribution in [0.1, 0.15) is 29.6 Å². The van der Waals surface area contributed by atoms with E-state index < -0.39 is 37.1 Å². The number of carboxylic acids is 1. The zero-order valence-electron chi connectivity index (χ0n) is 10.8. The fraction of sp³-hybridized carbons (Fsp3) is 0.417. The van der Waals surface area contributed by atoms with E-state index in [1.165, 1.54) is 0 Å². The number of carbonyl (C=O) groups is 1. The van der Waals surface area contributed by atoms with E-state index in [1.807, 2.05) is 0 Å². The van der Waals surface area contributed by atoms with Crippen LogP contribution in [-0.4, -0.2) is 36.7 Å². The van der Waals surface area contributed by atoms with Gasteiger partial charge >= 0.3 is 5.97 Å². The van der Waals surface area contributed by atoms with Crippen LogP contribution in [0.25, 0.3) is 0 Å². The summed E-state index contributed by atoms with van der Waals surface area (Å²) in [4.78, 5) is 10.6. The molecule has 1 fully saturated rings. The number of sulfonamides is 1. The molecular formula is C12H13Cl2NO5S. The Hall–Kier alpha value is -0.860. The second kappa shape index (κ2) is 5.73. The number of halogens is 2. The van der Waals surface area contributed by atoms with Gasteiger partial charge in [-0.15, -0.1) is 0 Å². The van der Waals surface area contributed by atoms with Gasteiger partial charge < -0.3 is 10.2 Å². The van der Waals surface area contributed by atoms with E-state index in [9.17, 15) is 18.3 Å². The van der Waals surface area contributed by atoms with Gasteiger partial charge in [-0.2, -0.15) is 0 Å².